The molecule has 1 N–H and O–H groups in total. The highest BCUT2D eigenvalue weighted by atomic mass is 127. The van der Waals surface area contributed by atoms with Gasteiger partial charge in [-0.25, -0.2) is 0 Å². The average molecular weight is 391 g/mol. The first-order valence-corrected chi connectivity index (χ1v) is 9.32. The van der Waals surface area contributed by atoms with Gasteiger partial charge in [-0.1, -0.05) is 29.5 Å². The molecule has 0 radical (unpaired) electrons. The third-order valence-electron chi connectivity index (χ3n) is 5.94. The van der Waals surface area contributed by atoms with Gasteiger partial charge in [-0.2, -0.15) is 0 Å². The first-order chi connectivity index (χ1) is 9.60. The van der Waals surface area contributed by atoms with Crippen molar-refractivity contribution >= 4 is 28.6 Å². The van der Waals surface area contributed by atoms with Gasteiger partial charge in [-0.3, -0.25) is 4.79 Å². The second-order valence-electron chi connectivity index (χ2n) is 7.06. The van der Waals surface area contributed by atoms with Crippen molar-refractivity contribution < 1.29 is 9.53 Å². The Balaban J connectivity index is 1.77. The lowest BCUT2D eigenvalue weighted by atomic mass is 9.67. The van der Waals surface area contributed by atoms with E-state index >= 15 is 0 Å². The third kappa shape index (κ3) is 2.74. The number of halogens is 1. The molecule has 7 unspecified atom stereocenters. The molecule has 0 spiro atoms. The fourth-order valence-corrected chi connectivity index (χ4v) is 5.75. The van der Waals surface area contributed by atoms with Crippen molar-refractivity contribution in [3.8, 4) is 0 Å². The first kappa shape index (κ1) is 15.1. The minimum atomic E-state index is 0.0245. The number of fused-ring (bicyclic) bond motifs is 2. The first-order valence-electron chi connectivity index (χ1n) is 8.08. The predicted octanol–water partition coefficient (Wildman–Crippen LogP) is 3.16. The van der Waals surface area contributed by atoms with Gasteiger partial charge < -0.3 is 10.1 Å². The van der Waals surface area contributed by atoms with Crippen LogP contribution in [0.3, 0.4) is 0 Å². The lowest BCUT2D eigenvalue weighted by Crippen LogP contribution is -2.51. The van der Waals surface area contributed by atoms with Crippen molar-refractivity contribution in [3.63, 3.8) is 0 Å². The summed E-state index contributed by atoms with van der Waals surface area (Å²) in [4.78, 5) is 12.3. The van der Waals surface area contributed by atoms with Crippen LogP contribution in [0.15, 0.2) is 0 Å². The Morgan fingerprint density at radius 3 is 2.70 bits per heavy atom. The summed E-state index contributed by atoms with van der Waals surface area (Å²) < 4.78 is 5.90. The second kappa shape index (κ2) is 6.11. The molecule has 3 aliphatic rings. The normalized spacial score (nSPS) is 48.0. The molecular weight excluding hydrogens is 365 g/mol. The molecule has 0 aromatic rings. The highest BCUT2D eigenvalue weighted by Crippen LogP contribution is 2.46. The molecule has 1 saturated carbocycles. The number of nitrogens with one attached hydrogen (secondary N) is 1. The van der Waals surface area contributed by atoms with Crippen molar-refractivity contribution in [1.29, 1.82) is 0 Å². The van der Waals surface area contributed by atoms with Crippen LogP contribution in [0, 0.1) is 23.7 Å². The Morgan fingerprint density at radius 1 is 1.20 bits per heavy atom. The lowest BCUT2D eigenvalue weighted by Gasteiger charge is -2.43. The summed E-state index contributed by atoms with van der Waals surface area (Å²) in [6.07, 6.45) is 7.49. The van der Waals surface area contributed by atoms with Crippen molar-refractivity contribution in [2.24, 2.45) is 23.7 Å². The highest BCUT2D eigenvalue weighted by Gasteiger charge is 2.49. The molecule has 7 atom stereocenters. The minimum Gasteiger partial charge on any atom is -0.469 e. The maximum absolute atomic E-state index is 12.3. The SMILES string of the molecule is COC(=O)C1C2CCC(CC1C1CCC(C)C(I)C1)N2. The topological polar surface area (TPSA) is 38.3 Å². The monoisotopic (exact) mass is 391 g/mol. The molecule has 2 saturated heterocycles. The second-order valence-corrected chi connectivity index (χ2v) is 8.66. The van der Waals surface area contributed by atoms with Crippen LogP contribution in [0.4, 0.5) is 0 Å². The average Bonchev–Trinajstić information content (AvgIpc) is 2.82. The van der Waals surface area contributed by atoms with Crippen LogP contribution < -0.4 is 5.32 Å². The molecule has 1 aliphatic carbocycles. The zero-order valence-electron chi connectivity index (χ0n) is 12.5. The molecule has 20 heavy (non-hydrogen) atoms. The number of carbonyl (C=O) groups is 1. The van der Waals surface area contributed by atoms with E-state index in [1.165, 1.54) is 32.1 Å². The van der Waals surface area contributed by atoms with Crippen molar-refractivity contribution in [1.82, 2.24) is 5.32 Å². The largest absolute Gasteiger partial charge is 0.469 e. The van der Waals surface area contributed by atoms with Gasteiger partial charge in [0.1, 0.15) is 0 Å². The molecule has 2 heterocycles. The number of ether oxygens (including phenoxy) is 1. The Bertz CT molecular complexity index is 375. The van der Waals surface area contributed by atoms with Gasteiger partial charge in [-0.05, 0) is 56.3 Å². The summed E-state index contributed by atoms with van der Waals surface area (Å²) >= 11 is 2.62. The summed E-state index contributed by atoms with van der Waals surface area (Å²) in [6, 6.07) is 1.02. The molecule has 4 heteroatoms. The molecule has 114 valence electrons. The molecular formula is C16H26INO2. The fourth-order valence-electron chi connectivity index (χ4n) is 4.74. The smallest absolute Gasteiger partial charge is 0.310 e. The number of esters is 1. The van der Waals surface area contributed by atoms with Crippen LogP contribution in [0.5, 0.6) is 0 Å². The molecule has 3 rings (SSSR count). The van der Waals surface area contributed by atoms with Gasteiger partial charge in [0.15, 0.2) is 0 Å². The molecule has 3 nitrogen and oxygen atoms in total. The van der Waals surface area contributed by atoms with Crippen LogP contribution in [-0.2, 0) is 9.53 Å². The summed E-state index contributed by atoms with van der Waals surface area (Å²) in [6.45, 7) is 2.37. The summed E-state index contributed by atoms with van der Waals surface area (Å²) in [5.41, 5.74) is 0. The Hall–Kier alpha value is 0.160. The predicted molar refractivity (Wildman–Crippen MR) is 87.9 cm³/mol. The van der Waals surface area contributed by atoms with Crippen LogP contribution in [0.1, 0.15) is 45.4 Å². The molecule has 3 fully saturated rings. The van der Waals surface area contributed by atoms with Crippen LogP contribution in [-0.4, -0.2) is 29.1 Å². The van der Waals surface area contributed by atoms with Gasteiger partial charge in [0.2, 0.25) is 0 Å². The molecule has 0 aromatic heterocycles. The van der Waals surface area contributed by atoms with Crippen molar-refractivity contribution in [2.75, 3.05) is 7.11 Å². The van der Waals surface area contributed by atoms with E-state index in [0.29, 0.717) is 18.0 Å². The molecule has 2 bridgehead atoms. The van der Waals surface area contributed by atoms with Crippen molar-refractivity contribution in [2.45, 2.75) is 61.5 Å². The van der Waals surface area contributed by atoms with Gasteiger partial charge in [0.05, 0.1) is 13.0 Å². The van der Waals surface area contributed by atoms with Crippen molar-refractivity contribution in [3.05, 3.63) is 0 Å². The zero-order chi connectivity index (χ0) is 14.3. The van der Waals surface area contributed by atoms with Crippen LogP contribution >= 0.6 is 22.6 Å². The Kier molecular flexibility index (Phi) is 4.60. The van der Waals surface area contributed by atoms with E-state index < -0.39 is 0 Å². The van der Waals surface area contributed by atoms with Crippen LogP contribution in [0.25, 0.3) is 0 Å². The number of carbonyl (C=O) groups excluding carboxylic acids is 1. The van der Waals surface area contributed by atoms with E-state index in [1.807, 2.05) is 0 Å². The zero-order valence-corrected chi connectivity index (χ0v) is 14.6. The van der Waals surface area contributed by atoms with Gasteiger partial charge in [0, 0.05) is 16.0 Å². The summed E-state index contributed by atoms with van der Waals surface area (Å²) in [5.74, 6) is 2.23. The number of hydrogen-bond donors (Lipinski definition) is 1. The number of methoxy groups -OCH3 is 1. The van der Waals surface area contributed by atoms with E-state index in [-0.39, 0.29) is 11.9 Å². The standard InChI is InChI=1S/C16H26INO2/c1-9-3-4-10(7-13(9)17)12-8-11-5-6-14(18-11)15(12)16(19)20-2/h9-15,18H,3-8H2,1-2H3. The fraction of sp³-hybridized carbons (Fsp3) is 0.938. The van der Waals surface area contributed by atoms with E-state index in [0.717, 1.165) is 22.2 Å². The molecule has 0 amide bonds. The van der Waals surface area contributed by atoms with E-state index in [4.69, 9.17) is 4.74 Å². The van der Waals surface area contributed by atoms with Gasteiger partial charge >= 0.3 is 5.97 Å². The molecule has 0 aromatic carbocycles. The summed E-state index contributed by atoms with van der Waals surface area (Å²) in [7, 11) is 1.55. The lowest BCUT2D eigenvalue weighted by molar-refractivity contribution is -0.151. The van der Waals surface area contributed by atoms with E-state index in [1.54, 1.807) is 7.11 Å². The maximum Gasteiger partial charge on any atom is 0.310 e. The third-order valence-corrected chi connectivity index (χ3v) is 7.68. The molecule has 2 aliphatic heterocycles. The Labute approximate surface area is 135 Å². The number of piperidine rings is 1. The number of hydrogen-bond acceptors (Lipinski definition) is 3. The van der Waals surface area contributed by atoms with Crippen LogP contribution in [0.2, 0.25) is 0 Å². The maximum atomic E-state index is 12.3. The van der Waals surface area contributed by atoms with Gasteiger partial charge in [0.25, 0.3) is 0 Å². The minimum absolute atomic E-state index is 0.0245. The van der Waals surface area contributed by atoms with Gasteiger partial charge in [-0.15, -0.1) is 0 Å². The Morgan fingerprint density at radius 2 is 2.00 bits per heavy atom. The van der Waals surface area contributed by atoms with E-state index in [9.17, 15) is 4.79 Å². The number of rotatable bonds is 2. The van der Waals surface area contributed by atoms with E-state index in [2.05, 4.69) is 34.8 Å². The quantitative estimate of drug-likeness (QED) is 0.447. The number of alkyl halides is 1. The summed E-state index contributed by atoms with van der Waals surface area (Å²) in [5, 5.41) is 3.64. The highest BCUT2D eigenvalue weighted by molar-refractivity contribution is 14.1.